The largest absolute Gasteiger partial charge is 0.395 e. The first-order valence-corrected chi connectivity index (χ1v) is 9.19. The Morgan fingerprint density at radius 3 is 2.48 bits per heavy atom. The summed E-state index contributed by atoms with van der Waals surface area (Å²) in [6.45, 7) is 0.742. The van der Waals surface area contributed by atoms with E-state index in [1.54, 1.807) is 29.2 Å². The molecule has 1 aliphatic heterocycles. The predicted molar refractivity (Wildman–Crippen MR) is 97.8 cm³/mol. The average molecular weight is 372 g/mol. The molecule has 1 heterocycles. The highest BCUT2D eigenvalue weighted by molar-refractivity contribution is 5.89. The topological polar surface area (TPSA) is 66.6 Å². The SMILES string of the molecule is NC[C@@H]1CCN1C(=O)C1(CO)CC1c1ccccc1-c1c(F)cccc1F. The zero-order valence-electron chi connectivity index (χ0n) is 14.9. The van der Waals surface area contributed by atoms with E-state index in [9.17, 15) is 18.7 Å². The van der Waals surface area contributed by atoms with Crippen LogP contribution in [0.1, 0.15) is 24.3 Å². The molecule has 4 nitrogen and oxygen atoms in total. The lowest BCUT2D eigenvalue weighted by atomic mass is 9.90. The second-order valence-electron chi connectivity index (χ2n) is 7.43. The normalized spacial score (nSPS) is 26.6. The van der Waals surface area contributed by atoms with Crippen molar-refractivity contribution in [2.24, 2.45) is 11.1 Å². The number of nitrogens with two attached hydrogens (primary N) is 1. The summed E-state index contributed by atoms with van der Waals surface area (Å²) in [6, 6.07) is 10.7. The molecule has 2 fully saturated rings. The number of nitrogens with zero attached hydrogens (tertiary/aromatic N) is 1. The van der Waals surface area contributed by atoms with Gasteiger partial charge in [0.05, 0.1) is 17.6 Å². The molecular weight excluding hydrogens is 350 g/mol. The third-order valence-corrected chi connectivity index (χ3v) is 6.03. The number of amides is 1. The number of rotatable bonds is 5. The lowest BCUT2D eigenvalue weighted by molar-refractivity contribution is -0.146. The van der Waals surface area contributed by atoms with Crippen molar-refractivity contribution >= 4 is 5.91 Å². The smallest absolute Gasteiger partial charge is 0.232 e. The van der Waals surface area contributed by atoms with Crippen molar-refractivity contribution in [3.8, 4) is 11.1 Å². The van der Waals surface area contributed by atoms with Crippen molar-refractivity contribution in [1.82, 2.24) is 4.90 Å². The Balaban J connectivity index is 1.71. The van der Waals surface area contributed by atoms with Gasteiger partial charge in [-0.1, -0.05) is 30.3 Å². The van der Waals surface area contributed by atoms with Crippen LogP contribution in [0.25, 0.3) is 11.1 Å². The fourth-order valence-electron chi connectivity index (χ4n) is 4.21. The van der Waals surface area contributed by atoms with E-state index in [1.807, 2.05) is 0 Å². The molecule has 1 amide bonds. The third kappa shape index (κ3) is 2.75. The summed E-state index contributed by atoms with van der Waals surface area (Å²) in [5.41, 5.74) is 5.81. The quantitative estimate of drug-likeness (QED) is 0.848. The summed E-state index contributed by atoms with van der Waals surface area (Å²) in [7, 11) is 0. The van der Waals surface area contributed by atoms with E-state index >= 15 is 0 Å². The summed E-state index contributed by atoms with van der Waals surface area (Å²) >= 11 is 0. The molecule has 6 heteroatoms. The highest BCUT2D eigenvalue weighted by atomic mass is 19.1. The van der Waals surface area contributed by atoms with E-state index in [1.165, 1.54) is 18.2 Å². The Morgan fingerprint density at radius 1 is 1.19 bits per heavy atom. The Bertz CT molecular complexity index is 866. The van der Waals surface area contributed by atoms with Crippen molar-refractivity contribution < 1.29 is 18.7 Å². The lowest BCUT2D eigenvalue weighted by Gasteiger charge is -2.42. The molecule has 4 rings (SSSR count). The molecule has 2 aromatic rings. The number of hydrogen-bond donors (Lipinski definition) is 2. The first kappa shape index (κ1) is 18.1. The van der Waals surface area contributed by atoms with Crippen molar-refractivity contribution in [3.63, 3.8) is 0 Å². The van der Waals surface area contributed by atoms with E-state index < -0.39 is 17.0 Å². The number of carbonyl (C=O) groups is 1. The zero-order chi connectivity index (χ0) is 19.2. The second kappa shape index (κ2) is 6.69. The number of aliphatic hydroxyl groups is 1. The Labute approximate surface area is 156 Å². The van der Waals surface area contributed by atoms with Gasteiger partial charge in [-0.05, 0) is 36.1 Å². The van der Waals surface area contributed by atoms with Crippen molar-refractivity contribution in [1.29, 1.82) is 0 Å². The van der Waals surface area contributed by atoms with Crippen LogP contribution in [0.3, 0.4) is 0 Å². The number of halogens is 2. The molecule has 3 N–H and O–H groups in total. The van der Waals surface area contributed by atoms with Gasteiger partial charge in [0.25, 0.3) is 0 Å². The molecule has 0 spiro atoms. The van der Waals surface area contributed by atoms with Crippen LogP contribution < -0.4 is 5.73 Å². The molecule has 1 saturated carbocycles. The van der Waals surface area contributed by atoms with Gasteiger partial charge in [-0.15, -0.1) is 0 Å². The number of hydrogen-bond acceptors (Lipinski definition) is 3. The molecule has 2 aromatic carbocycles. The fourth-order valence-corrected chi connectivity index (χ4v) is 4.21. The maximum atomic E-state index is 14.3. The van der Waals surface area contributed by atoms with E-state index in [0.717, 1.165) is 6.42 Å². The Morgan fingerprint density at radius 2 is 1.89 bits per heavy atom. The summed E-state index contributed by atoms with van der Waals surface area (Å²) in [5.74, 6) is -1.67. The molecule has 3 atom stereocenters. The van der Waals surface area contributed by atoms with Crippen molar-refractivity contribution in [2.75, 3.05) is 19.7 Å². The Hall–Kier alpha value is -2.31. The first-order chi connectivity index (χ1) is 13.0. The van der Waals surface area contributed by atoms with Gasteiger partial charge in [0.2, 0.25) is 5.91 Å². The molecule has 2 unspecified atom stereocenters. The van der Waals surface area contributed by atoms with E-state index in [4.69, 9.17) is 5.73 Å². The zero-order valence-corrected chi connectivity index (χ0v) is 14.9. The van der Waals surface area contributed by atoms with Crippen LogP contribution >= 0.6 is 0 Å². The van der Waals surface area contributed by atoms with E-state index in [2.05, 4.69) is 0 Å². The van der Waals surface area contributed by atoms with Crippen LogP contribution in [0.5, 0.6) is 0 Å². The van der Waals surface area contributed by atoms with Gasteiger partial charge in [0.15, 0.2) is 0 Å². The van der Waals surface area contributed by atoms with Gasteiger partial charge in [-0.25, -0.2) is 8.78 Å². The molecule has 2 aliphatic rings. The van der Waals surface area contributed by atoms with Gasteiger partial charge in [0, 0.05) is 25.0 Å². The molecule has 1 aliphatic carbocycles. The summed E-state index contributed by atoms with van der Waals surface area (Å²) in [4.78, 5) is 14.8. The molecule has 27 heavy (non-hydrogen) atoms. The van der Waals surface area contributed by atoms with E-state index in [-0.39, 0.29) is 30.0 Å². The van der Waals surface area contributed by atoms with Crippen LogP contribution in [0.4, 0.5) is 8.78 Å². The first-order valence-electron chi connectivity index (χ1n) is 9.19. The fraction of sp³-hybridized carbons (Fsp3) is 0.381. The van der Waals surface area contributed by atoms with Crippen LogP contribution in [-0.4, -0.2) is 41.7 Å². The molecule has 0 aromatic heterocycles. The summed E-state index contributed by atoms with van der Waals surface area (Å²) < 4.78 is 28.7. The van der Waals surface area contributed by atoms with Gasteiger partial charge in [-0.2, -0.15) is 0 Å². The highest BCUT2D eigenvalue weighted by Gasteiger charge is 2.63. The predicted octanol–water partition coefficient (Wildman–Crippen LogP) is 2.66. The number of aliphatic hydroxyl groups excluding tert-OH is 1. The minimum absolute atomic E-state index is 0.0152. The Kier molecular flexibility index (Phi) is 4.48. The van der Waals surface area contributed by atoms with Crippen LogP contribution in [0.15, 0.2) is 42.5 Å². The van der Waals surface area contributed by atoms with Gasteiger partial charge in [0.1, 0.15) is 11.6 Å². The van der Waals surface area contributed by atoms with Crippen LogP contribution in [0, 0.1) is 17.0 Å². The van der Waals surface area contributed by atoms with Crippen molar-refractivity contribution in [2.45, 2.75) is 24.8 Å². The summed E-state index contributed by atoms with van der Waals surface area (Å²) in [5, 5.41) is 10.0. The summed E-state index contributed by atoms with van der Waals surface area (Å²) in [6.07, 6.45) is 1.33. The minimum atomic E-state index is -0.925. The molecule has 0 bridgehead atoms. The van der Waals surface area contributed by atoms with Crippen LogP contribution in [0.2, 0.25) is 0 Å². The van der Waals surface area contributed by atoms with Crippen molar-refractivity contribution in [3.05, 3.63) is 59.7 Å². The van der Waals surface area contributed by atoms with Crippen LogP contribution in [-0.2, 0) is 4.79 Å². The van der Waals surface area contributed by atoms with Gasteiger partial charge >= 0.3 is 0 Å². The third-order valence-electron chi connectivity index (χ3n) is 6.03. The maximum absolute atomic E-state index is 14.3. The van der Waals surface area contributed by atoms with E-state index in [0.29, 0.717) is 30.6 Å². The molecule has 1 saturated heterocycles. The van der Waals surface area contributed by atoms with Gasteiger partial charge < -0.3 is 15.7 Å². The highest BCUT2D eigenvalue weighted by Crippen LogP contribution is 2.62. The molecular formula is C21H22F2N2O2. The lowest BCUT2D eigenvalue weighted by Crippen LogP contribution is -2.57. The maximum Gasteiger partial charge on any atom is 0.232 e. The monoisotopic (exact) mass is 372 g/mol. The van der Waals surface area contributed by atoms with Gasteiger partial charge in [-0.3, -0.25) is 4.79 Å². The average Bonchev–Trinajstić information content (AvgIpc) is 3.37. The number of carbonyl (C=O) groups excluding carboxylic acids is 1. The minimum Gasteiger partial charge on any atom is -0.395 e. The molecule has 142 valence electrons. The molecule has 0 radical (unpaired) electrons. The standard InChI is InChI=1S/C21H22F2N2O2/c22-17-6-3-7-18(23)19(17)15-5-2-1-4-14(15)16-10-21(16,12-26)20(27)25-9-8-13(25)11-24/h1-7,13,16,26H,8-12,24H2/t13-,16?,21?/m0/s1. The number of benzene rings is 2. The second-order valence-corrected chi connectivity index (χ2v) is 7.43. The number of likely N-dealkylation sites (tertiary alicyclic amines) is 1.